The van der Waals surface area contributed by atoms with E-state index in [-0.39, 0.29) is 17.9 Å². The van der Waals surface area contributed by atoms with Gasteiger partial charge in [0.1, 0.15) is 11.8 Å². The van der Waals surface area contributed by atoms with Gasteiger partial charge in [-0.2, -0.15) is 0 Å². The quantitative estimate of drug-likeness (QED) is 0.490. The van der Waals surface area contributed by atoms with Crippen LogP contribution in [0.25, 0.3) is 0 Å². The van der Waals surface area contributed by atoms with Crippen LogP contribution in [0.3, 0.4) is 0 Å². The van der Waals surface area contributed by atoms with Gasteiger partial charge in [0.05, 0.1) is 12.9 Å². The molecule has 2 aromatic carbocycles. The van der Waals surface area contributed by atoms with Crippen molar-refractivity contribution in [3.05, 3.63) is 65.2 Å². The van der Waals surface area contributed by atoms with Crippen molar-refractivity contribution in [2.45, 2.75) is 64.9 Å². The lowest BCUT2D eigenvalue weighted by atomic mass is 10.1. The zero-order valence-electron chi connectivity index (χ0n) is 19.9. The lowest BCUT2D eigenvalue weighted by Gasteiger charge is -2.31. The Bertz CT molecular complexity index is 870. The minimum Gasteiger partial charge on any atom is -0.497 e. The second kappa shape index (κ2) is 13.2. The highest BCUT2D eigenvalue weighted by molar-refractivity contribution is 7.99. The van der Waals surface area contributed by atoms with E-state index in [1.54, 1.807) is 23.8 Å². The van der Waals surface area contributed by atoms with E-state index < -0.39 is 6.04 Å². The van der Waals surface area contributed by atoms with Crippen molar-refractivity contribution < 1.29 is 14.3 Å². The Balaban J connectivity index is 2.14. The fourth-order valence-corrected chi connectivity index (χ4v) is 4.29. The van der Waals surface area contributed by atoms with Crippen LogP contribution in [0.1, 0.15) is 50.3 Å². The topological polar surface area (TPSA) is 58.6 Å². The molecule has 0 saturated carbocycles. The molecular weight excluding hydrogens is 420 g/mol. The zero-order chi connectivity index (χ0) is 23.5. The summed E-state index contributed by atoms with van der Waals surface area (Å²) >= 11 is 1.58. The monoisotopic (exact) mass is 456 g/mol. The first-order chi connectivity index (χ1) is 15.4. The molecule has 0 aliphatic heterocycles. The number of nitrogens with zero attached hydrogens (tertiary/aromatic N) is 1. The number of rotatable bonds is 12. The van der Waals surface area contributed by atoms with Gasteiger partial charge in [-0.1, -0.05) is 55.8 Å². The molecule has 0 radical (unpaired) electrons. The smallest absolute Gasteiger partial charge is 0.243 e. The molecule has 32 heavy (non-hydrogen) atoms. The molecule has 0 aromatic heterocycles. The summed E-state index contributed by atoms with van der Waals surface area (Å²) in [5.74, 6) is 1.75. The molecule has 0 unspecified atom stereocenters. The Hall–Kier alpha value is -2.47. The third-order valence-electron chi connectivity index (χ3n) is 5.48. The van der Waals surface area contributed by atoms with E-state index in [1.807, 2.05) is 51.1 Å². The Morgan fingerprint density at radius 1 is 1.06 bits per heavy atom. The summed E-state index contributed by atoms with van der Waals surface area (Å²) in [4.78, 5) is 28.0. The lowest BCUT2D eigenvalue weighted by Crippen LogP contribution is -2.51. The van der Waals surface area contributed by atoms with Gasteiger partial charge in [0, 0.05) is 18.3 Å². The number of hydrogen-bond acceptors (Lipinski definition) is 4. The standard InChI is InChI=1S/C26H36N2O3S/c1-6-20(4)27-26(30)24(7-2)28(16-21-11-13-23(31-5)14-12-21)25(29)18-32-17-22-10-8-9-19(3)15-22/h8-15,20,24H,6-7,16-18H2,1-5H3,(H,27,30)/t20-,24-/m0/s1. The molecule has 0 heterocycles. The van der Waals surface area contributed by atoms with E-state index in [2.05, 4.69) is 30.4 Å². The van der Waals surface area contributed by atoms with Crippen LogP contribution >= 0.6 is 11.8 Å². The van der Waals surface area contributed by atoms with Gasteiger partial charge in [-0.3, -0.25) is 9.59 Å². The van der Waals surface area contributed by atoms with Crippen molar-refractivity contribution >= 4 is 23.6 Å². The zero-order valence-corrected chi connectivity index (χ0v) is 20.7. The molecule has 0 fully saturated rings. The second-order valence-corrected chi connectivity index (χ2v) is 9.08. The predicted octanol–water partition coefficient (Wildman–Crippen LogP) is 4.96. The Kier molecular flexibility index (Phi) is 10.6. The van der Waals surface area contributed by atoms with Gasteiger partial charge in [-0.15, -0.1) is 11.8 Å². The number of carbonyl (C=O) groups excluding carboxylic acids is 2. The van der Waals surface area contributed by atoms with Gasteiger partial charge < -0.3 is 15.0 Å². The van der Waals surface area contributed by atoms with E-state index in [0.717, 1.165) is 23.5 Å². The molecule has 0 aliphatic rings. The predicted molar refractivity (Wildman–Crippen MR) is 133 cm³/mol. The first kappa shape index (κ1) is 25.8. The van der Waals surface area contributed by atoms with E-state index in [0.29, 0.717) is 18.7 Å². The largest absolute Gasteiger partial charge is 0.497 e. The number of thioether (sulfide) groups is 1. The minimum atomic E-state index is -0.502. The molecule has 2 atom stereocenters. The van der Waals surface area contributed by atoms with Gasteiger partial charge in [0.2, 0.25) is 11.8 Å². The van der Waals surface area contributed by atoms with Gasteiger partial charge in [-0.25, -0.2) is 0 Å². The number of benzene rings is 2. The highest BCUT2D eigenvalue weighted by Gasteiger charge is 2.29. The molecule has 2 rings (SSSR count). The second-order valence-electron chi connectivity index (χ2n) is 8.09. The summed E-state index contributed by atoms with van der Waals surface area (Å²) in [7, 11) is 1.63. The summed E-state index contributed by atoms with van der Waals surface area (Å²) < 4.78 is 5.24. The normalized spacial score (nSPS) is 12.7. The van der Waals surface area contributed by atoms with Gasteiger partial charge in [0.15, 0.2) is 0 Å². The Labute approximate surface area is 196 Å². The molecule has 6 heteroatoms. The Morgan fingerprint density at radius 2 is 1.78 bits per heavy atom. The fraction of sp³-hybridized carbons (Fsp3) is 0.462. The van der Waals surface area contributed by atoms with Crippen LogP contribution in [0.4, 0.5) is 0 Å². The molecule has 0 bridgehead atoms. The number of methoxy groups -OCH3 is 1. The molecule has 0 spiro atoms. The summed E-state index contributed by atoms with van der Waals surface area (Å²) in [6.07, 6.45) is 1.41. The highest BCUT2D eigenvalue weighted by Crippen LogP contribution is 2.19. The van der Waals surface area contributed by atoms with Gasteiger partial charge >= 0.3 is 0 Å². The number of amides is 2. The first-order valence-electron chi connectivity index (χ1n) is 11.2. The van der Waals surface area contributed by atoms with Crippen LogP contribution in [0.2, 0.25) is 0 Å². The SMILES string of the molecule is CC[C@H](C)NC(=O)[C@H](CC)N(Cc1ccc(OC)cc1)C(=O)CSCc1cccc(C)c1. The van der Waals surface area contributed by atoms with Crippen LogP contribution < -0.4 is 10.1 Å². The van der Waals surface area contributed by atoms with Crippen LogP contribution in [-0.2, 0) is 21.9 Å². The highest BCUT2D eigenvalue weighted by atomic mass is 32.2. The number of carbonyl (C=O) groups is 2. The average molecular weight is 457 g/mol. The molecule has 2 amide bonds. The van der Waals surface area contributed by atoms with Crippen molar-refractivity contribution in [3.8, 4) is 5.75 Å². The molecule has 2 aromatic rings. The molecular formula is C26H36N2O3S. The Morgan fingerprint density at radius 3 is 2.38 bits per heavy atom. The van der Waals surface area contributed by atoms with Crippen molar-refractivity contribution in [2.75, 3.05) is 12.9 Å². The van der Waals surface area contributed by atoms with E-state index in [1.165, 1.54) is 11.1 Å². The van der Waals surface area contributed by atoms with Crippen LogP contribution in [0, 0.1) is 6.92 Å². The van der Waals surface area contributed by atoms with Gasteiger partial charge in [-0.05, 0) is 49.9 Å². The van der Waals surface area contributed by atoms with Crippen LogP contribution in [0.15, 0.2) is 48.5 Å². The minimum absolute atomic E-state index is 0.0235. The van der Waals surface area contributed by atoms with Crippen molar-refractivity contribution in [1.82, 2.24) is 10.2 Å². The maximum atomic E-state index is 13.3. The molecule has 1 N–H and O–H groups in total. The van der Waals surface area contributed by atoms with Crippen LogP contribution in [-0.4, -0.2) is 41.7 Å². The maximum absolute atomic E-state index is 13.3. The molecule has 0 saturated heterocycles. The number of ether oxygens (including phenoxy) is 1. The number of aryl methyl sites for hydroxylation is 1. The summed E-state index contributed by atoms with van der Waals surface area (Å²) in [6.45, 7) is 8.43. The summed E-state index contributed by atoms with van der Waals surface area (Å²) in [5.41, 5.74) is 3.38. The maximum Gasteiger partial charge on any atom is 0.243 e. The van der Waals surface area contributed by atoms with E-state index in [9.17, 15) is 9.59 Å². The van der Waals surface area contributed by atoms with Crippen molar-refractivity contribution in [2.24, 2.45) is 0 Å². The third kappa shape index (κ3) is 7.90. The lowest BCUT2D eigenvalue weighted by molar-refractivity contribution is -0.139. The van der Waals surface area contributed by atoms with Crippen molar-refractivity contribution in [3.63, 3.8) is 0 Å². The van der Waals surface area contributed by atoms with Crippen molar-refractivity contribution in [1.29, 1.82) is 0 Å². The number of hydrogen-bond donors (Lipinski definition) is 1. The average Bonchev–Trinajstić information content (AvgIpc) is 2.79. The van der Waals surface area contributed by atoms with E-state index >= 15 is 0 Å². The third-order valence-corrected chi connectivity index (χ3v) is 6.46. The molecule has 174 valence electrons. The first-order valence-corrected chi connectivity index (χ1v) is 12.4. The van der Waals surface area contributed by atoms with Gasteiger partial charge in [0.25, 0.3) is 0 Å². The molecule has 5 nitrogen and oxygen atoms in total. The molecule has 0 aliphatic carbocycles. The summed E-state index contributed by atoms with van der Waals surface area (Å²) in [5, 5.41) is 3.05. The van der Waals surface area contributed by atoms with E-state index in [4.69, 9.17) is 4.74 Å². The number of nitrogens with one attached hydrogen (secondary N) is 1. The summed E-state index contributed by atoms with van der Waals surface area (Å²) in [6, 6.07) is 15.5. The van der Waals surface area contributed by atoms with Crippen LogP contribution in [0.5, 0.6) is 5.75 Å². The fourth-order valence-electron chi connectivity index (χ4n) is 3.43.